The van der Waals surface area contributed by atoms with Gasteiger partial charge in [0.1, 0.15) is 17.9 Å². The van der Waals surface area contributed by atoms with Crippen LogP contribution in [0.5, 0.6) is 0 Å². The first-order valence-corrected chi connectivity index (χ1v) is 13.9. The predicted molar refractivity (Wildman–Crippen MR) is 142 cm³/mol. The number of halogens is 3. The monoisotopic (exact) mass is 568 g/mol. The van der Waals surface area contributed by atoms with Gasteiger partial charge >= 0.3 is 0 Å². The molecule has 216 valence electrons. The molecule has 6 rings (SSSR count). The quantitative estimate of drug-likeness (QED) is 0.457. The van der Waals surface area contributed by atoms with Crippen LogP contribution in [0, 0.1) is 17.3 Å². The molecule has 3 heterocycles. The first kappa shape index (κ1) is 27.3. The number of carbonyl (C=O) groups is 2. The Morgan fingerprint density at radius 1 is 1.20 bits per heavy atom. The maximum absolute atomic E-state index is 14.5. The lowest BCUT2D eigenvalue weighted by Gasteiger charge is -2.36. The van der Waals surface area contributed by atoms with E-state index in [0.29, 0.717) is 5.69 Å². The van der Waals surface area contributed by atoms with Crippen molar-refractivity contribution in [2.75, 3.05) is 23.3 Å². The second-order valence-electron chi connectivity index (χ2n) is 11.7. The highest BCUT2D eigenvalue weighted by atomic mass is 19.3. The number of aliphatic hydroxyl groups is 1. The van der Waals surface area contributed by atoms with Crippen molar-refractivity contribution >= 4 is 23.2 Å². The Labute approximate surface area is 235 Å². The summed E-state index contributed by atoms with van der Waals surface area (Å²) < 4.78 is 42.1. The molecule has 3 unspecified atom stereocenters. The van der Waals surface area contributed by atoms with Crippen LogP contribution >= 0.6 is 0 Å². The summed E-state index contributed by atoms with van der Waals surface area (Å²) in [6.07, 6.45) is 4.74. The van der Waals surface area contributed by atoms with Gasteiger partial charge in [0.2, 0.25) is 11.8 Å². The third kappa shape index (κ3) is 5.19. The minimum Gasteiger partial charge on any atom is -0.391 e. The van der Waals surface area contributed by atoms with Gasteiger partial charge in [0.05, 0.1) is 18.8 Å². The lowest BCUT2D eigenvalue weighted by molar-refractivity contribution is -0.129. The summed E-state index contributed by atoms with van der Waals surface area (Å²) >= 11 is 0. The molecule has 1 spiro atoms. The molecule has 1 aromatic heterocycles. The van der Waals surface area contributed by atoms with Crippen molar-refractivity contribution in [1.29, 1.82) is 5.26 Å². The number of fused-ring (bicyclic) bond motifs is 2. The fourth-order valence-corrected chi connectivity index (χ4v) is 6.43. The van der Waals surface area contributed by atoms with Gasteiger partial charge in [-0.25, -0.2) is 13.2 Å². The van der Waals surface area contributed by atoms with Crippen molar-refractivity contribution in [2.45, 2.75) is 80.5 Å². The zero-order valence-electron chi connectivity index (χ0n) is 22.3. The Kier molecular flexibility index (Phi) is 6.80. The predicted octanol–water partition coefficient (Wildman–Crippen LogP) is 3.36. The summed E-state index contributed by atoms with van der Waals surface area (Å²) in [5, 5.41) is 26.2. The molecule has 4 aliphatic rings. The van der Waals surface area contributed by atoms with Crippen LogP contribution in [0.2, 0.25) is 0 Å². The van der Waals surface area contributed by atoms with E-state index >= 15 is 0 Å². The number of hydrogen-bond donors (Lipinski definition) is 3. The molecule has 0 radical (unpaired) electrons. The van der Waals surface area contributed by atoms with Crippen LogP contribution in [0.1, 0.15) is 62.1 Å². The van der Waals surface area contributed by atoms with E-state index in [4.69, 9.17) is 0 Å². The molecule has 0 bridgehead atoms. The highest BCUT2D eigenvalue weighted by Crippen LogP contribution is 2.55. The molecule has 2 amide bonds. The fourth-order valence-electron chi connectivity index (χ4n) is 6.43. The van der Waals surface area contributed by atoms with Crippen molar-refractivity contribution in [3.63, 3.8) is 0 Å². The lowest BCUT2D eigenvalue weighted by atomic mass is 9.91. The van der Waals surface area contributed by atoms with Gasteiger partial charge < -0.3 is 15.7 Å². The van der Waals surface area contributed by atoms with Gasteiger partial charge in [0, 0.05) is 60.4 Å². The first-order valence-electron chi connectivity index (χ1n) is 13.9. The van der Waals surface area contributed by atoms with Crippen LogP contribution in [0.25, 0.3) is 0 Å². The second kappa shape index (κ2) is 10.2. The van der Waals surface area contributed by atoms with Crippen LogP contribution in [0.15, 0.2) is 36.7 Å². The fraction of sp³-hybridized carbons (Fsp3) is 0.517. The summed E-state index contributed by atoms with van der Waals surface area (Å²) in [5.41, 5.74) is 2.46. The molecule has 1 aromatic carbocycles. The van der Waals surface area contributed by atoms with E-state index in [1.54, 1.807) is 12.1 Å². The van der Waals surface area contributed by atoms with E-state index in [0.717, 1.165) is 42.9 Å². The average Bonchev–Trinajstić information content (AvgIpc) is 3.50. The Morgan fingerprint density at radius 2 is 1.95 bits per heavy atom. The third-order valence-electron chi connectivity index (χ3n) is 8.87. The summed E-state index contributed by atoms with van der Waals surface area (Å²) in [5.74, 6) is -4.81. The van der Waals surface area contributed by atoms with Crippen molar-refractivity contribution in [2.24, 2.45) is 0 Å². The summed E-state index contributed by atoms with van der Waals surface area (Å²) in [6.45, 7) is 0.727. The van der Waals surface area contributed by atoms with Crippen LogP contribution in [0.3, 0.4) is 0 Å². The number of nitriles is 1. The van der Waals surface area contributed by atoms with Gasteiger partial charge in [0.25, 0.3) is 5.91 Å². The minimum atomic E-state index is -2.80. The zero-order valence-corrected chi connectivity index (χ0v) is 22.3. The third-order valence-corrected chi connectivity index (χ3v) is 8.87. The van der Waals surface area contributed by atoms with Gasteiger partial charge in [-0.15, -0.1) is 0 Å². The maximum Gasteiger partial charge on any atom is 0.251 e. The number of likely N-dealkylation sites (tertiary alicyclic amines) is 1. The van der Waals surface area contributed by atoms with E-state index in [-0.39, 0.29) is 49.6 Å². The number of anilines is 2. The Balaban J connectivity index is 1.41. The van der Waals surface area contributed by atoms with Gasteiger partial charge in [-0.05, 0) is 49.4 Å². The normalized spacial score (nSPS) is 24.7. The second-order valence-corrected chi connectivity index (χ2v) is 11.7. The maximum atomic E-state index is 14.5. The molecule has 2 aliphatic carbocycles. The van der Waals surface area contributed by atoms with Gasteiger partial charge in [-0.3, -0.25) is 24.4 Å². The lowest BCUT2D eigenvalue weighted by Crippen LogP contribution is -2.52. The van der Waals surface area contributed by atoms with Crippen LogP contribution < -0.4 is 15.5 Å². The van der Waals surface area contributed by atoms with Crippen LogP contribution in [-0.2, 0) is 15.0 Å². The Hall–Kier alpha value is -3.85. The SMILES string of the molecule is N#CN1CC(O)CC1C(=O)N(c1ccc2c(c1)NCC21CC1)C(C(=O)NC1CCC(F)(F)CC1)c1cncc(F)c1. The molecule has 2 saturated carbocycles. The molecule has 9 nitrogen and oxygen atoms in total. The van der Waals surface area contributed by atoms with E-state index in [9.17, 15) is 33.1 Å². The van der Waals surface area contributed by atoms with E-state index < -0.39 is 47.8 Å². The number of rotatable bonds is 6. The van der Waals surface area contributed by atoms with Crippen LogP contribution in [-0.4, -0.2) is 64.0 Å². The van der Waals surface area contributed by atoms with Gasteiger partial charge in [0.15, 0.2) is 6.19 Å². The molecular weight excluding hydrogens is 537 g/mol. The number of aromatic nitrogens is 1. The zero-order chi connectivity index (χ0) is 28.9. The number of carbonyl (C=O) groups excluding carboxylic acids is 2. The van der Waals surface area contributed by atoms with Crippen molar-refractivity contribution < 1.29 is 27.9 Å². The molecule has 2 aromatic rings. The molecule has 3 atom stereocenters. The molecule has 2 aliphatic heterocycles. The minimum absolute atomic E-state index is 0.0252. The molecule has 12 heteroatoms. The summed E-state index contributed by atoms with van der Waals surface area (Å²) in [4.78, 5) is 34.6. The number of β-amino-alcohol motifs (C(OH)–C–C–N with tert-alkyl or cyclic N) is 1. The average molecular weight is 569 g/mol. The number of pyridine rings is 1. The van der Waals surface area contributed by atoms with E-state index in [2.05, 4.69) is 15.6 Å². The smallest absolute Gasteiger partial charge is 0.251 e. The van der Waals surface area contributed by atoms with E-state index in [1.165, 1.54) is 16.0 Å². The number of aliphatic hydroxyl groups excluding tert-OH is 1. The highest BCUT2D eigenvalue weighted by Gasteiger charge is 2.50. The van der Waals surface area contributed by atoms with Crippen molar-refractivity contribution in [3.05, 3.63) is 53.6 Å². The number of nitrogens with one attached hydrogen (secondary N) is 2. The van der Waals surface area contributed by atoms with Gasteiger partial charge in [-0.2, -0.15) is 5.26 Å². The number of hydrogen-bond acceptors (Lipinski definition) is 7. The summed E-state index contributed by atoms with van der Waals surface area (Å²) in [6, 6.07) is 3.52. The first-order chi connectivity index (χ1) is 19.6. The standard InChI is InChI=1S/C29H31F3N6O3/c30-18-9-17(12-34-13-18)25(26(40)36-19-3-5-29(31,32)6-4-19)38(27(41)24-11-21(39)14-37(24)16-33)20-1-2-22-23(10-20)35-15-28(22)7-8-28/h1-2,9-10,12-13,19,21,24-25,35,39H,3-8,11,14-15H2,(H,36,40). The Bertz CT molecular complexity index is 1400. The van der Waals surface area contributed by atoms with Crippen molar-refractivity contribution in [3.8, 4) is 6.19 Å². The molecule has 3 fully saturated rings. The number of nitrogens with zero attached hydrogens (tertiary/aromatic N) is 4. The largest absolute Gasteiger partial charge is 0.391 e. The highest BCUT2D eigenvalue weighted by molar-refractivity contribution is 6.04. The van der Waals surface area contributed by atoms with Crippen LogP contribution in [0.4, 0.5) is 24.5 Å². The molecule has 3 N–H and O–H groups in total. The molecular formula is C29H31F3N6O3. The summed E-state index contributed by atoms with van der Waals surface area (Å²) in [7, 11) is 0. The van der Waals surface area contributed by atoms with Gasteiger partial charge in [-0.1, -0.05) is 6.07 Å². The van der Waals surface area contributed by atoms with Crippen molar-refractivity contribution in [1.82, 2.24) is 15.2 Å². The Morgan fingerprint density at radius 3 is 2.63 bits per heavy atom. The van der Waals surface area contributed by atoms with E-state index in [1.807, 2.05) is 12.3 Å². The number of benzene rings is 1. The topological polar surface area (TPSA) is 122 Å². The number of amides is 2. The molecule has 1 saturated heterocycles. The number of alkyl halides is 2. The molecule has 41 heavy (non-hydrogen) atoms.